The van der Waals surface area contributed by atoms with Crippen LogP contribution in [0.3, 0.4) is 0 Å². The third kappa shape index (κ3) is 4.08. The number of hydrogen-bond acceptors (Lipinski definition) is 4. The number of hydrogen-bond donors (Lipinski definition) is 0. The minimum atomic E-state index is -0.527. The number of nitrogens with zero attached hydrogens (tertiary/aromatic N) is 1. The van der Waals surface area contributed by atoms with Gasteiger partial charge in [-0.15, -0.1) is 0 Å². The molecule has 0 aromatic heterocycles. The van der Waals surface area contributed by atoms with Gasteiger partial charge in [0.05, 0.1) is 11.3 Å². The number of Topliss-reactive ketones (excluding diaryl/α,β-unsaturated/α-hetero) is 2. The third-order valence-corrected chi connectivity index (χ3v) is 2.57. The summed E-state index contributed by atoms with van der Waals surface area (Å²) in [5.74, 6) is -0.369. The van der Waals surface area contributed by atoms with E-state index < -0.39 is 4.92 Å². The number of non-ortho nitro benzene ring substituents is 1. The molecule has 1 rings (SSSR count). The first-order valence-corrected chi connectivity index (χ1v) is 5.84. The lowest BCUT2D eigenvalue weighted by molar-refractivity contribution is -0.384. The van der Waals surface area contributed by atoms with Crippen LogP contribution >= 0.6 is 0 Å². The van der Waals surface area contributed by atoms with E-state index in [1.165, 1.54) is 24.3 Å². The molecule has 0 N–H and O–H groups in total. The van der Waals surface area contributed by atoms with Crippen LogP contribution in [0, 0.1) is 10.1 Å². The summed E-state index contributed by atoms with van der Waals surface area (Å²) in [5.41, 5.74) is 0.273. The second kappa shape index (κ2) is 6.64. The van der Waals surface area contributed by atoms with Crippen LogP contribution in [0.1, 0.15) is 43.0 Å². The van der Waals surface area contributed by atoms with Crippen LogP contribution in [0.2, 0.25) is 0 Å². The number of carbonyl (C=O) groups excluding carboxylic acids is 2. The lowest BCUT2D eigenvalue weighted by Gasteiger charge is -2.00. The van der Waals surface area contributed by atoms with E-state index in [0.29, 0.717) is 12.0 Å². The Morgan fingerprint density at radius 1 is 1.22 bits per heavy atom. The van der Waals surface area contributed by atoms with Gasteiger partial charge < -0.3 is 0 Å². The number of nitro benzene ring substituents is 1. The van der Waals surface area contributed by atoms with E-state index in [9.17, 15) is 19.7 Å². The highest BCUT2D eigenvalue weighted by atomic mass is 16.6. The predicted molar refractivity (Wildman–Crippen MR) is 66.6 cm³/mol. The van der Waals surface area contributed by atoms with Crippen LogP contribution in [0.4, 0.5) is 5.69 Å². The van der Waals surface area contributed by atoms with Crippen molar-refractivity contribution >= 4 is 17.3 Å². The molecule has 0 aliphatic rings. The molecular formula is C13H15NO4. The first-order chi connectivity index (χ1) is 8.54. The SMILES string of the molecule is CCCCC(=O)CC(=O)c1ccc([N+](=O)[O-])cc1. The molecule has 0 unspecified atom stereocenters. The summed E-state index contributed by atoms with van der Waals surface area (Å²) in [6.45, 7) is 1.98. The molecule has 1 aromatic carbocycles. The van der Waals surface area contributed by atoms with Crippen molar-refractivity contribution in [2.45, 2.75) is 32.6 Å². The minimum Gasteiger partial charge on any atom is -0.299 e. The lowest BCUT2D eigenvalue weighted by atomic mass is 10.0. The number of rotatable bonds is 7. The monoisotopic (exact) mass is 249 g/mol. The summed E-state index contributed by atoms with van der Waals surface area (Å²) >= 11 is 0. The number of ketones is 2. The van der Waals surface area contributed by atoms with Crippen LogP contribution < -0.4 is 0 Å². The molecule has 18 heavy (non-hydrogen) atoms. The maximum Gasteiger partial charge on any atom is 0.269 e. The van der Waals surface area contributed by atoms with Gasteiger partial charge in [0, 0.05) is 24.1 Å². The van der Waals surface area contributed by atoms with Crippen molar-refractivity contribution in [2.75, 3.05) is 0 Å². The standard InChI is InChI=1S/C13H15NO4/c1-2-3-4-12(15)9-13(16)10-5-7-11(8-6-10)14(17)18/h5-8H,2-4,9H2,1H3. The topological polar surface area (TPSA) is 77.3 Å². The second-order valence-corrected chi connectivity index (χ2v) is 4.05. The van der Waals surface area contributed by atoms with Gasteiger partial charge in [0.25, 0.3) is 5.69 Å². The Morgan fingerprint density at radius 2 is 1.83 bits per heavy atom. The van der Waals surface area contributed by atoms with Crippen molar-refractivity contribution < 1.29 is 14.5 Å². The van der Waals surface area contributed by atoms with Crippen LogP contribution in [0.15, 0.2) is 24.3 Å². The molecule has 5 heteroatoms. The molecule has 0 spiro atoms. The van der Waals surface area contributed by atoms with Crippen molar-refractivity contribution in [1.82, 2.24) is 0 Å². The maximum absolute atomic E-state index is 11.7. The Labute approximate surface area is 105 Å². The van der Waals surface area contributed by atoms with E-state index >= 15 is 0 Å². The number of carbonyl (C=O) groups is 2. The fourth-order valence-electron chi connectivity index (χ4n) is 1.51. The van der Waals surface area contributed by atoms with Crippen LogP contribution in [0.5, 0.6) is 0 Å². The minimum absolute atomic E-state index is 0.0659. The van der Waals surface area contributed by atoms with Crippen LogP contribution in [-0.2, 0) is 4.79 Å². The highest BCUT2D eigenvalue weighted by Gasteiger charge is 2.13. The van der Waals surface area contributed by atoms with E-state index in [1.54, 1.807) is 0 Å². The molecule has 0 fully saturated rings. The van der Waals surface area contributed by atoms with Crippen molar-refractivity contribution in [1.29, 1.82) is 0 Å². The summed E-state index contributed by atoms with van der Waals surface area (Å²) in [7, 11) is 0. The van der Waals surface area contributed by atoms with Gasteiger partial charge >= 0.3 is 0 Å². The summed E-state index contributed by atoms with van der Waals surface area (Å²) in [6, 6.07) is 5.30. The molecule has 0 saturated heterocycles. The quantitative estimate of drug-likeness (QED) is 0.322. The van der Waals surface area contributed by atoms with Gasteiger partial charge in [-0.3, -0.25) is 19.7 Å². The Hall–Kier alpha value is -2.04. The van der Waals surface area contributed by atoms with E-state index in [-0.39, 0.29) is 23.7 Å². The summed E-state index contributed by atoms with van der Waals surface area (Å²) in [5, 5.41) is 10.4. The fraction of sp³-hybridized carbons (Fsp3) is 0.385. The van der Waals surface area contributed by atoms with Gasteiger partial charge in [0.2, 0.25) is 0 Å². The molecule has 0 aliphatic carbocycles. The first-order valence-electron chi connectivity index (χ1n) is 5.84. The average Bonchev–Trinajstić information content (AvgIpc) is 2.36. The zero-order valence-corrected chi connectivity index (χ0v) is 10.2. The predicted octanol–water partition coefficient (Wildman–Crippen LogP) is 2.93. The number of unbranched alkanes of at least 4 members (excludes halogenated alkanes) is 1. The second-order valence-electron chi connectivity index (χ2n) is 4.05. The molecule has 0 heterocycles. The van der Waals surface area contributed by atoms with Crippen LogP contribution in [0.25, 0.3) is 0 Å². The van der Waals surface area contributed by atoms with Gasteiger partial charge in [-0.2, -0.15) is 0 Å². The molecule has 0 bridgehead atoms. The van der Waals surface area contributed by atoms with E-state index in [1.807, 2.05) is 6.92 Å². The van der Waals surface area contributed by atoms with E-state index in [2.05, 4.69) is 0 Å². The molecular weight excluding hydrogens is 234 g/mol. The number of benzene rings is 1. The van der Waals surface area contributed by atoms with E-state index in [4.69, 9.17) is 0 Å². The molecule has 0 amide bonds. The maximum atomic E-state index is 11.7. The molecule has 5 nitrogen and oxygen atoms in total. The normalized spacial score (nSPS) is 10.1. The summed E-state index contributed by atoms with van der Waals surface area (Å²) in [6.07, 6.45) is 1.98. The summed E-state index contributed by atoms with van der Waals surface area (Å²) < 4.78 is 0. The third-order valence-electron chi connectivity index (χ3n) is 2.57. The van der Waals surface area contributed by atoms with Crippen molar-refractivity contribution in [3.63, 3.8) is 0 Å². The molecule has 96 valence electrons. The van der Waals surface area contributed by atoms with Gasteiger partial charge in [-0.25, -0.2) is 0 Å². The molecule has 0 radical (unpaired) electrons. The highest BCUT2D eigenvalue weighted by molar-refractivity contribution is 6.07. The smallest absolute Gasteiger partial charge is 0.269 e. The molecule has 0 atom stereocenters. The Morgan fingerprint density at radius 3 is 2.33 bits per heavy atom. The van der Waals surface area contributed by atoms with Gasteiger partial charge in [-0.05, 0) is 18.6 Å². The van der Waals surface area contributed by atoms with E-state index in [0.717, 1.165) is 12.8 Å². The van der Waals surface area contributed by atoms with Crippen LogP contribution in [-0.4, -0.2) is 16.5 Å². The summed E-state index contributed by atoms with van der Waals surface area (Å²) in [4.78, 5) is 33.1. The fourth-order valence-corrected chi connectivity index (χ4v) is 1.51. The molecule has 0 aliphatic heterocycles. The largest absolute Gasteiger partial charge is 0.299 e. The van der Waals surface area contributed by atoms with Gasteiger partial charge in [-0.1, -0.05) is 13.3 Å². The average molecular weight is 249 g/mol. The van der Waals surface area contributed by atoms with Crippen molar-refractivity contribution in [3.05, 3.63) is 39.9 Å². The van der Waals surface area contributed by atoms with Crippen molar-refractivity contribution in [3.8, 4) is 0 Å². The Bertz CT molecular complexity index is 451. The van der Waals surface area contributed by atoms with Gasteiger partial charge in [0.1, 0.15) is 5.78 Å². The van der Waals surface area contributed by atoms with Gasteiger partial charge in [0.15, 0.2) is 5.78 Å². The lowest BCUT2D eigenvalue weighted by Crippen LogP contribution is -2.08. The highest BCUT2D eigenvalue weighted by Crippen LogP contribution is 2.13. The Kier molecular flexibility index (Phi) is 5.17. The number of nitro groups is 1. The zero-order chi connectivity index (χ0) is 13.5. The first kappa shape index (κ1) is 14.0. The molecule has 0 saturated carbocycles. The van der Waals surface area contributed by atoms with Crippen molar-refractivity contribution in [2.24, 2.45) is 0 Å². The zero-order valence-electron chi connectivity index (χ0n) is 10.2. The Balaban J connectivity index is 2.61. The molecule has 1 aromatic rings.